The Kier molecular flexibility index (Phi) is 6.23. The Morgan fingerprint density at radius 3 is 2.42 bits per heavy atom. The minimum absolute atomic E-state index is 0.123. The molecule has 1 aliphatic carbocycles. The summed E-state index contributed by atoms with van der Waals surface area (Å²) in [5.41, 5.74) is 0.270. The Hall–Kier alpha value is -2.04. The highest BCUT2D eigenvalue weighted by Crippen LogP contribution is 2.46. The molecule has 0 bridgehead atoms. The maximum absolute atomic E-state index is 12.4. The molecule has 0 spiro atoms. The van der Waals surface area contributed by atoms with Crippen LogP contribution < -0.4 is 15.4 Å². The van der Waals surface area contributed by atoms with Gasteiger partial charge in [-0.05, 0) is 49.3 Å². The predicted molar refractivity (Wildman–Crippen MR) is 93.8 cm³/mol. The number of amides is 2. The van der Waals surface area contributed by atoms with Gasteiger partial charge in [0.1, 0.15) is 11.2 Å². The van der Waals surface area contributed by atoms with Gasteiger partial charge < -0.3 is 15.4 Å². The lowest BCUT2D eigenvalue weighted by Gasteiger charge is -2.16. The zero-order valence-electron chi connectivity index (χ0n) is 14.9. The molecule has 0 atom stereocenters. The van der Waals surface area contributed by atoms with Gasteiger partial charge in [-0.25, -0.2) is 0 Å². The number of hydrogen-bond acceptors (Lipinski definition) is 3. The van der Waals surface area contributed by atoms with Crippen LogP contribution in [0.3, 0.4) is 0 Å². The molecule has 24 heavy (non-hydrogen) atoms. The minimum Gasteiger partial charge on any atom is -0.497 e. The fourth-order valence-corrected chi connectivity index (χ4v) is 2.64. The summed E-state index contributed by atoms with van der Waals surface area (Å²) in [6.45, 7) is 5.39. The molecule has 0 aromatic heterocycles. The third-order valence-corrected chi connectivity index (χ3v) is 4.46. The summed E-state index contributed by atoms with van der Waals surface area (Å²) in [5, 5.41) is 5.82. The molecule has 2 rings (SSSR count). The number of hydrogen-bond donors (Lipinski definition) is 2. The van der Waals surface area contributed by atoms with Crippen molar-refractivity contribution in [2.45, 2.75) is 39.5 Å². The third-order valence-electron chi connectivity index (χ3n) is 4.46. The maximum Gasteiger partial charge on any atom is 0.235 e. The summed E-state index contributed by atoms with van der Waals surface area (Å²) in [7, 11) is 1.63. The van der Waals surface area contributed by atoms with Gasteiger partial charge in [0.25, 0.3) is 0 Å². The van der Waals surface area contributed by atoms with Crippen LogP contribution in [0, 0.1) is 11.3 Å². The van der Waals surface area contributed by atoms with Gasteiger partial charge >= 0.3 is 0 Å². The van der Waals surface area contributed by atoms with Crippen molar-refractivity contribution in [2.75, 3.05) is 20.2 Å². The van der Waals surface area contributed by atoms with E-state index in [0.29, 0.717) is 38.3 Å². The molecule has 0 aliphatic heterocycles. The van der Waals surface area contributed by atoms with Crippen LogP contribution in [0.1, 0.15) is 38.7 Å². The second-order valence-electron chi connectivity index (χ2n) is 6.88. The van der Waals surface area contributed by atoms with E-state index in [9.17, 15) is 9.59 Å². The summed E-state index contributed by atoms with van der Waals surface area (Å²) in [4.78, 5) is 24.7. The van der Waals surface area contributed by atoms with E-state index >= 15 is 0 Å². The van der Waals surface area contributed by atoms with Crippen molar-refractivity contribution in [3.8, 4) is 5.75 Å². The molecule has 2 N–H and O–H groups in total. The first-order chi connectivity index (χ1) is 11.5. The summed E-state index contributed by atoms with van der Waals surface area (Å²) < 4.78 is 5.19. The zero-order chi connectivity index (χ0) is 17.6. The van der Waals surface area contributed by atoms with Crippen molar-refractivity contribution in [2.24, 2.45) is 11.3 Å². The van der Waals surface area contributed by atoms with E-state index in [2.05, 4.69) is 24.5 Å². The molecule has 0 radical (unpaired) electrons. The van der Waals surface area contributed by atoms with E-state index in [1.165, 1.54) is 0 Å². The smallest absolute Gasteiger partial charge is 0.235 e. The quantitative estimate of drug-likeness (QED) is 0.682. The first kappa shape index (κ1) is 18.3. The molecule has 1 saturated carbocycles. The number of ether oxygens (including phenoxy) is 1. The third kappa shape index (κ3) is 4.73. The highest BCUT2D eigenvalue weighted by molar-refractivity contribution is 6.07. The van der Waals surface area contributed by atoms with Gasteiger partial charge in [-0.1, -0.05) is 26.0 Å². The van der Waals surface area contributed by atoms with Crippen LogP contribution in [0.15, 0.2) is 24.3 Å². The van der Waals surface area contributed by atoms with Gasteiger partial charge in [0.15, 0.2) is 0 Å². The van der Waals surface area contributed by atoms with Crippen molar-refractivity contribution >= 4 is 11.8 Å². The fraction of sp³-hybridized carbons (Fsp3) is 0.579. The largest absolute Gasteiger partial charge is 0.497 e. The summed E-state index contributed by atoms with van der Waals surface area (Å²) in [5.74, 6) is 1.08. The maximum atomic E-state index is 12.4. The molecule has 0 saturated heterocycles. The van der Waals surface area contributed by atoms with Crippen molar-refractivity contribution in [1.82, 2.24) is 10.6 Å². The average Bonchev–Trinajstić information content (AvgIpc) is 3.36. The Morgan fingerprint density at radius 2 is 1.83 bits per heavy atom. The molecule has 2 amide bonds. The van der Waals surface area contributed by atoms with Gasteiger partial charge in [0, 0.05) is 13.1 Å². The molecule has 1 aromatic carbocycles. The molecule has 1 aliphatic rings. The second kappa shape index (κ2) is 8.18. The SMILES string of the molecule is COc1cccc(CCNC(=O)C2(C(=O)NCCC(C)C)CC2)c1. The van der Waals surface area contributed by atoms with E-state index in [0.717, 1.165) is 17.7 Å². The lowest BCUT2D eigenvalue weighted by Crippen LogP contribution is -2.44. The van der Waals surface area contributed by atoms with E-state index in [-0.39, 0.29) is 11.8 Å². The van der Waals surface area contributed by atoms with E-state index < -0.39 is 5.41 Å². The van der Waals surface area contributed by atoms with Gasteiger partial charge in [-0.2, -0.15) is 0 Å². The van der Waals surface area contributed by atoms with Crippen LogP contribution in [-0.4, -0.2) is 32.0 Å². The molecule has 132 valence electrons. The van der Waals surface area contributed by atoms with Crippen molar-refractivity contribution < 1.29 is 14.3 Å². The van der Waals surface area contributed by atoms with Crippen LogP contribution >= 0.6 is 0 Å². The lowest BCUT2D eigenvalue weighted by atomic mass is 10.0. The molecule has 5 heteroatoms. The average molecular weight is 332 g/mol. The monoisotopic (exact) mass is 332 g/mol. The Bertz CT molecular complexity index is 580. The lowest BCUT2D eigenvalue weighted by molar-refractivity contribution is -0.137. The topological polar surface area (TPSA) is 67.4 Å². The van der Waals surface area contributed by atoms with E-state index in [4.69, 9.17) is 4.74 Å². The predicted octanol–water partition coefficient (Wildman–Crippen LogP) is 2.30. The Balaban J connectivity index is 1.78. The van der Waals surface area contributed by atoms with Crippen LogP contribution in [0.5, 0.6) is 5.75 Å². The summed E-state index contributed by atoms with van der Waals surface area (Å²) in [6.07, 6.45) is 2.93. The number of methoxy groups -OCH3 is 1. The summed E-state index contributed by atoms with van der Waals surface area (Å²) in [6, 6.07) is 7.78. The number of carbonyl (C=O) groups excluding carboxylic acids is 2. The van der Waals surface area contributed by atoms with E-state index in [1.54, 1.807) is 7.11 Å². The van der Waals surface area contributed by atoms with E-state index in [1.807, 2.05) is 24.3 Å². The number of benzene rings is 1. The molecule has 0 unspecified atom stereocenters. The molecular formula is C19H28N2O3. The molecular weight excluding hydrogens is 304 g/mol. The Labute approximate surface area is 144 Å². The van der Waals surface area contributed by atoms with Crippen molar-refractivity contribution in [3.63, 3.8) is 0 Å². The zero-order valence-corrected chi connectivity index (χ0v) is 14.9. The highest BCUT2D eigenvalue weighted by Gasteiger charge is 2.56. The van der Waals surface area contributed by atoms with Crippen molar-refractivity contribution in [1.29, 1.82) is 0 Å². The van der Waals surface area contributed by atoms with Crippen LogP contribution in [-0.2, 0) is 16.0 Å². The molecule has 5 nitrogen and oxygen atoms in total. The van der Waals surface area contributed by atoms with Gasteiger partial charge in [-0.15, -0.1) is 0 Å². The summed E-state index contributed by atoms with van der Waals surface area (Å²) >= 11 is 0. The van der Waals surface area contributed by atoms with Crippen molar-refractivity contribution in [3.05, 3.63) is 29.8 Å². The molecule has 1 aromatic rings. The van der Waals surface area contributed by atoms with Crippen LogP contribution in [0.4, 0.5) is 0 Å². The van der Waals surface area contributed by atoms with Gasteiger partial charge in [0.2, 0.25) is 11.8 Å². The highest BCUT2D eigenvalue weighted by atomic mass is 16.5. The first-order valence-electron chi connectivity index (χ1n) is 8.67. The molecule has 1 fully saturated rings. The normalized spacial score (nSPS) is 15.0. The second-order valence-corrected chi connectivity index (χ2v) is 6.88. The molecule has 0 heterocycles. The number of nitrogens with one attached hydrogen (secondary N) is 2. The van der Waals surface area contributed by atoms with Gasteiger partial charge in [0.05, 0.1) is 7.11 Å². The Morgan fingerprint density at radius 1 is 1.17 bits per heavy atom. The number of rotatable bonds is 9. The standard InChI is InChI=1S/C19H28N2O3/c1-14(2)7-11-20-17(22)19(9-10-19)18(23)21-12-8-15-5-4-6-16(13-15)24-3/h4-6,13-14H,7-12H2,1-3H3,(H,20,22)(H,21,23). The fourth-order valence-electron chi connectivity index (χ4n) is 2.64. The minimum atomic E-state index is -0.828. The van der Waals surface area contributed by atoms with Crippen LogP contribution in [0.25, 0.3) is 0 Å². The first-order valence-corrected chi connectivity index (χ1v) is 8.67. The van der Waals surface area contributed by atoms with Crippen LogP contribution in [0.2, 0.25) is 0 Å². The number of carbonyl (C=O) groups is 2. The van der Waals surface area contributed by atoms with Gasteiger partial charge in [-0.3, -0.25) is 9.59 Å².